The van der Waals surface area contributed by atoms with Gasteiger partial charge in [-0.2, -0.15) is 4.31 Å². The fraction of sp³-hybridized carbons (Fsp3) is 0.444. The second-order valence-electron chi connectivity index (χ2n) is 6.85. The van der Waals surface area contributed by atoms with Gasteiger partial charge in [-0.05, 0) is 31.9 Å². The number of rotatable bonds is 4. The van der Waals surface area contributed by atoms with Crippen molar-refractivity contribution in [2.75, 3.05) is 26.2 Å². The number of hydrogen-bond donors (Lipinski definition) is 0. The van der Waals surface area contributed by atoms with Crippen molar-refractivity contribution in [2.24, 2.45) is 5.92 Å². The van der Waals surface area contributed by atoms with Crippen molar-refractivity contribution in [2.45, 2.75) is 24.7 Å². The van der Waals surface area contributed by atoms with Gasteiger partial charge in [-0.1, -0.05) is 6.07 Å². The first-order valence-electron chi connectivity index (χ1n) is 9.01. The SMILES string of the molecule is Cc1ncc(S(=O)(=O)N2CCN(C(=O)C3CC3)CC2)c(-c2ccccn2)n1. The third-order valence-electron chi connectivity index (χ3n) is 4.88. The van der Waals surface area contributed by atoms with Crippen molar-refractivity contribution in [3.8, 4) is 11.4 Å². The van der Waals surface area contributed by atoms with E-state index in [0.29, 0.717) is 30.3 Å². The molecule has 1 saturated heterocycles. The number of carbonyl (C=O) groups excluding carboxylic acids is 1. The van der Waals surface area contributed by atoms with Gasteiger partial charge >= 0.3 is 0 Å². The number of piperazine rings is 1. The summed E-state index contributed by atoms with van der Waals surface area (Å²) >= 11 is 0. The van der Waals surface area contributed by atoms with Gasteiger partial charge in [0.1, 0.15) is 16.4 Å². The summed E-state index contributed by atoms with van der Waals surface area (Å²) in [5.41, 5.74) is 0.795. The molecule has 0 spiro atoms. The fourth-order valence-electron chi connectivity index (χ4n) is 3.21. The molecule has 0 bridgehead atoms. The summed E-state index contributed by atoms with van der Waals surface area (Å²) in [4.78, 5) is 26.7. The molecule has 1 saturated carbocycles. The van der Waals surface area contributed by atoms with Crippen molar-refractivity contribution >= 4 is 15.9 Å². The van der Waals surface area contributed by atoms with Crippen LogP contribution < -0.4 is 0 Å². The molecule has 3 heterocycles. The number of nitrogens with zero attached hydrogens (tertiary/aromatic N) is 5. The standard InChI is InChI=1S/C18H21N5O3S/c1-13-20-12-16(17(21-13)15-4-2-3-7-19-15)27(25,26)23-10-8-22(9-11-23)18(24)14-5-6-14/h2-4,7,12,14H,5-6,8-11H2,1H3. The van der Waals surface area contributed by atoms with E-state index in [1.165, 1.54) is 10.5 Å². The van der Waals surface area contributed by atoms with Gasteiger partial charge in [-0.3, -0.25) is 9.78 Å². The van der Waals surface area contributed by atoms with Crippen LogP contribution in [-0.2, 0) is 14.8 Å². The number of carbonyl (C=O) groups is 1. The predicted octanol–water partition coefficient (Wildman–Crippen LogP) is 1.09. The monoisotopic (exact) mass is 387 g/mol. The highest BCUT2D eigenvalue weighted by molar-refractivity contribution is 7.89. The van der Waals surface area contributed by atoms with Crippen LogP contribution in [0.2, 0.25) is 0 Å². The lowest BCUT2D eigenvalue weighted by atomic mass is 10.2. The number of aryl methyl sites for hydroxylation is 1. The zero-order chi connectivity index (χ0) is 19.0. The molecule has 1 aliphatic heterocycles. The number of amides is 1. The summed E-state index contributed by atoms with van der Waals surface area (Å²) in [5, 5.41) is 0. The summed E-state index contributed by atoms with van der Waals surface area (Å²) in [6.45, 7) is 3.10. The molecule has 2 aromatic heterocycles. The van der Waals surface area contributed by atoms with E-state index < -0.39 is 10.0 Å². The quantitative estimate of drug-likeness (QED) is 0.779. The Balaban J connectivity index is 1.60. The molecule has 0 unspecified atom stereocenters. The van der Waals surface area contributed by atoms with Gasteiger partial charge in [-0.15, -0.1) is 0 Å². The van der Waals surface area contributed by atoms with Crippen LogP contribution in [0.25, 0.3) is 11.4 Å². The molecule has 8 nitrogen and oxygen atoms in total. The third kappa shape index (κ3) is 3.57. The van der Waals surface area contributed by atoms with E-state index in [0.717, 1.165) is 12.8 Å². The lowest BCUT2D eigenvalue weighted by Crippen LogP contribution is -2.51. The molecule has 0 radical (unpaired) electrons. The topological polar surface area (TPSA) is 96.4 Å². The lowest BCUT2D eigenvalue weighted by Gasteiger charge is -2.34. The highest BCUT2D eigenvalue weighted by atomic mass is 32.2. The molecule has 2 aromatic rings. The van der Waals surface area contributed by atoms with Gasteiger partial charge in [0.15, 0.2) is 0 Å². The van der Waals surface area contributed by atoms with Crippen LogP contribution >= 0.6 is 0 Å². The predicted molar refractivity (Wildman–Crippen MR) is 98.1 cm³/mol. The Bertz CT molecular complexity index is 952. The van der Waals surface area contributed by atoms with E-state index in [4.69, 9.17) is 0 Å². The lowest BCUT2D eigenvalue weighted by molar-refractivity contribution is -0.133. The molecule has 0 N–H and O–H groups in total. The van der Waals surface area contributed by atoms with E-state index in [9.17, 15) is 13.2 Å². The van der Waals surface area contributed by atoms with Gasteiger partial charge < -0.3 is 4.90 Å². The highest BCUT2D eigenvalue weighted by Gasteiger charge is 2.37. The van der Waals surface area contributed by atoms with E-state index >= 15 is 0 Å². The van der Waals surface area contributed by atoms with Gasteiger partial charge in [0, 0.05) is 38.3 Å². The Morgan fingerprint density at radius 2 is 1.85 bits per heavy atom. The van der Waals surface area contributed by atoms with Gasteiger partial charge in [0.25, 0.3) is 0 Å². The first-order chi connectivity index (χ1) is 13.0. The highest BCUT2D eigenvalue weighted by Crippen LogP contribution is 2.32. The first kappa shape index (κ1) is 18.0. The molecule has 0 aromatic carbocycles. The average Bonchev–Trinajstić information content (AvgIpc) is 3.53. The van der Waals surface area contributed by atoms with Crippen molar-refractivity contribution < 1.29 is 13.2 Å². The summed E-state index contributed by atoms with van der Waals surface area (Å²) in [6.07, 6.45) is 4.85. The molecular formula is C18H21N5O3S. The van der Waals surface area contributed by atoms with Crippen LogP contribution in [0, 0.1) is 12.8 Å². The van der Waals surface area contributed by atoms with Crippen LogP contribution in [-0.4, -0.2) is 64.7 Å². The molecule has 27 heavy (non-hydrogen) atoms. The maximum Gasteiger partial charge on any atom is 0.246 e. The molecule has 0 atom stereocenters. The third-order valence-corrected chi connectivity index (χ3v) is 6.78. The van der Waals surface area contributed by atoms with Crippen LogP contribution in [0.4, 0.5) is 0 Å². The molecule has 2 fully saturated rings. The largest absolute Gasteiger partial charge is 0.340 e. The molecule has 142 valence electrons. The Hall–Kier alpha value is -2.39. The molecule has 2 aliphatic rings. The van der Waals surface area contributed by atoms with Crippen molar-refractivity contribution in [3.63, 3.8) is 0 Å². The first-order valence-corrected chi connectivity index (χ1v) is 10.4. The van der Waals surface area contributed by atoms with Crippen LogP contribution in [0.3, 0.4) is 0 Å². The average molecular weight is 387 g/mol. The maximum absolute atomic E-state index is 13.2. The van der Waals surface area contributed by atoms with E-state index in [1.54, 1.807) is 36.2 Å². The maximum atomic E-state index is 13.2. The molecule has 1 amide bonds. The minimum absolute atomic E-state index is 0.0498. The summed E-state index contributed by atoms with van der Waals surface area (Å²) < 4.78 is 27.9. The van der Waals surface area contributed by atoms with E-state index in [2.05, 4.69) is 15.0 Å². The van der Waals surface area contributed by atoms with Crippen LogP contribution in [0.1, 0.15) is 18.7 Å². The number of aromatic nitrogens is 3. The minimum Gasteiger partial charge on any atom is -0.340 e. The second-order valence-corrected chi connectivity index (χ2v) is 8.76. The van der Waals surface area contributed by atoms with Crippen LogP contribution in [0.5, 0.6) is 0 Å². The Morgan fingerprint density at radius 3 is 2.48 bits per heavy atom. The van der Waals surface area contributed by atoms with Crippen molar-refractivity contribution in [3.05, 3.63) is 36.4 Å². The zero-order valence-corrected chi connectivity index (χ0v) is 15.9. The molecule has 9 heteroatoms. The summed E-state index contributed by atoms with van der Waals surface area (Å²) in [7, 11) is -3.78. The second kappa shape index (κ2) is 6.97. The normalized spacial score (nSPS) is 18.5. The number of hydrogen-bond acceptors (Lipinski definition) is 6. The number of sulfonamides is 1. The Labute approximate surface area is 158 Å². The number of pyridine rings is 1. The van der Waals surface area contributed by atoms with E-state index in [1.807, 2.05) is 0 Å². The smallest absolute Gasteiger partial charge is 0.246 e. The molecule has 4 rings (SSSR count). The van der Waals surface area contributed by atoms with Crippen LogP contribution in [0.15, 0.2) is 35.5 Å². The molecular weight excluding hydrogens is 366 g/mol. The zero-order valence-electron chi connectivity index (χ0n) is 15.1. The van der Waals surface area contributed by atoms with Gasteiger partial charge in [-0.25, -0.2) is 18.4 Å². The Kier molecular flexibility index (Phi) is 4.65. The van der Waals surface area contributed by atoms with Gasteiger partial charge in [0.05, 0.1) is 11.9 Å². The Morgan fingerprint density at radius 1 is 1.11 bits per heavy atom. The van der Waals surface area contributed by atoms with E-state index in [-0.39, 0.29) is 29.8 Å². The minimum atomic E-state index is -3.78. The van der Waals surface area contributed by atoms with Gasteiger partial charge in [0.2, 0.25) is 15.9 Å². The summed E-state index contributed by atoms with van der Waals surface area (Å²) in [6, 6.07) is 5.29. The fourth-order valence-corrected chi connectivity index (χ4v) is 4.71. The van der Waals surface area contributed by atoms with Crippen molar-refractivity contribution in [1.82, 2.24) is 24.2 Å². The summed E-state index contributed by atoms with van der Waals surface area (Å²) in [5.74, 6) is 0.781. The van der Waals surface area contributed by atoms with Crippen molar-refractivity contribution in [1.29, 1.82) is 0 Å². The molecule has 1 aliphatic carbocycles.